The number of methoxy groups -OCH3 is 1. The Morgan fingerprint density at radius 1 is 0.963 bits per heavy atom. The van der Waals surface area contributed by atoms with E-state index in [1.807, 2.05) is 31.2 Å². The van der Waals surface area contributed by atoms with Gasteiger partial charge in [-0.25, -0.2) is 4.79 Å². The summed E-state index contributed by atoms with van der Waals surface area (Å²) in [6, 6.07) is 13.9. The van der Waals surface area contributed by atoms with Crippen molar-refractivity contribution in [1.82, 2.24) is 0 Å². The number of hydrogen-bond acceptors (Lipinski definition) is 4. The smallest absolute Gasteiger partial charge is 0.337 e. The van der Waals surface area contributed by atoms with Gasteiger partial charge >= 0.3 is 5.97 Å². The van der Waals surface area contributed by atoms with Gasteiger partial charge in [-0.15, -0.1) is 0 Å². The molecule has 2 amide bonds. The molecule has 1 aliphatic carbocycles. The molecule has 1 saturated carbocycles. The van der Waals surface area contributed by atoms with E-state index in [9.17, 15) is 14.4 Å². The Kier molecular flexibility index (Phi) is 5.26. The first-order valence-electron chi connectivity index (χ1n) is 8.89. The highest BCUT2D eigenvalue weighted by atomic mass is 16.5. The summed E-state index contributed by atoms with van der Waals surface area (Å²) in [5, 5.41) is 5.67. The molecule has 1 fully saturated rings. The number of aryl methyl sites for hydroxylation is 1. The highest BCUT2D eigenvalue weighted by Crippen LogP contribution is 2.47. The fourth-order valence-electron chi connectivity index (χ4n) is 2.93. The van der Waals surface area contributed by atoms with Gasteiger partial charge in [0.25, 0.3) is 0 Å². The number of hydrogen-bond donors (Lipinski definition) is 2. The molecule has 0 aromatic heterocycles. The monoisotopic (exact) mass is 366 g/mol. The molecule has 6 heteroatoms. The number of carbonyl (C=O) groups is 3. The lowest BCUT2D eigenvalue weighted by atomic mass is 10.0. The predicted octanol–water partition coefficient (Wildman–Crippen LogP) is 3.39. The summed E-state index contributed by atoms with van der Waals surface area (Å²) in [4.78, 5) is 36.9. The standard InChI is InChI=1S/C21H22N2O4/c1-3-14-6-4-5-7-17(14)23-20(26)21(12-13-21)19(25)22-16-10-8-15(9-11-16)18(24)27-2/h4-11H,3,12-13H2,1-2H3,(H,22,25)(H,23,26). The molecule has 2 aromatic rings. The van der Waals surface area contributed by atoms with Crippen LogP contribution in [0.3, 0.4) is 0 Å². The molecule has 0 spiro atoms. The normalized spacial score (nSPS) is 14.1. The summed E-state index contributed by atoms with van der Waals surface area (Å²) in [6.07, 6.45) is 1.82. The van der Waals surface area contributed by atoms with Gasteiger partial charge in [0, 0.05) is 11.4 Å². The average molecular weight is 366 g/mol. The summed E-state index contributed by atoms with van der Waals surface area (Å²) < 4.78 is 4.65. The number of para-hydroxylation sites is 1. The van der Waals surface area contributed by atoms with Crippen molar-refractivity contribution >= 4 is 29.2 Å². The van der Waals surface area contributed by atoms with Crippen molar-refractivity contribution in [3.63, 3.8) is 0 Å². The lowest BCUT2D eigenvalue weighted by Crippen LogP contribution is -2.35. The molecular formula is C21H22N2O4. The number of anilines is 2. The third kappa shape index (κ3) is 3.84. The van der Waals surface area contributed by atoms with Crippen molar-refractivity contribution in [3.05, 3.63) is 59.7 Å². The van der Waals surface area contributed by atoms with E-state index in [1.54, 1.807) is 24.3 Å². The van der Waals surface area contributed by atoms with E-state index >= 15 is 0 Å². The SMILES string of the molecule is CCc1ccccc1NC(=O)C1(C(=O)Nc2ccc(C(=O)OC)cc2)CC1. The van der Waals surface area contributed by atoms with E-state index in [4.69, 9.17) is 0 Å². The average Bonchev–Trinajstić information content (AvgIpc) is 3.50. The highest BCUT2D eigenvalue weighted by molar-refractivity contribution is 6.17. The van der Waals surface area contributed by atoms with Crippen molar-refractivity contribution in [2.24, 2.45) is 5.41 Å². The lowest BCUT2D eigenvalue weighted by molar-refractivity contribution is -0.131. The zero-order valence-corrected chi connectivity index (χ0v) is 15.4. The van der Waals surface area contributed by atoms with Crippen molar-refractivity contribution < 1.29 is 19.1 Å². The van der Waals surface area contributed by atoms with Crippen LogP contribution < -0.4 is 10.6 Å². The van der Waals surface area contributed by atoms with Crippen LogP contribution in [-0.4, -0.2) is 24.9 Å². The topological polar surface area (TPSA) is 84.5 Å². The maximum absolute atomic E-state index is 12.7. The van der Waals surface area contributed by atoms with Crippen molar-refractivity contribution in [2.75, 3.05) is 17.7 Å². The molecule has 6 nitrogen and oxygen atoms in total. The number of rotatable bonds is 6. The number of esters is 1. The summed E-state index contributed by atoms with van der Waals surface area (Å²) in [5.41, 5.74) is 1.65. The molecule has 3 rings (SSSR count). The third-order valence-electron chi connectivity index (χ3n) is 4.83. The van der Waals surface area contributed by atoms with Crippen LogP contribution in [-0.2, 0) is 20.7 Å². The van der Waals surface area contributed by atoms with Gasteiger partial charge < -0.3 is 15.4 Å². The van der Waals surface area contributed by atoms with Crippen molar-refractivity contribution in [1.29, 1.82) is 0 Å². The first kappa shape index (κ1) is 18.6. The number of nitrogens with one attached hydrogen (secondary N) is 2. The van der Waals surface area contributed by atoms with Crippen LogP contribution in [0.25, 0.3) is 0 Å². The molecule has 0 atom stereocenters. The third-order valence-corrected chi connectivity index (χ3v) is 4.83. The molecule has 0 saturated heterocycles. The van der Waals surface area contributed by atoms with E-state index < -0.39 is 11.4 Å². The number of benzene rings is 2. The zero-order valence-electron chi connectivity index (χ0n) is 15.4. The number of ether oxygens (including phenoxy) is 1. The van der Waals surface area contributed by atoms with Gasteiger partial charge in [-0.2, -0.15) is 0 Å². The summed E-state index contributed by atoms with van der Waals surface area (Å²) in [7, 11) is 1.31. The van der Waals surface area contributed by atoms with Gasteiger partial charge in [0.05, 0.1) is 12.7 Å². The fraction of sp³-hybridized carbons (Fsp3) is 0.286. The molecule has 2 aromatic carbocycles. The second-order valence-corrected chi connectivity index (χ2v) is 6.57. The Morgan fingerprint density at radius 2 is 1.59 bits per heavy atom. The predicted molar refractivity (Wildman–Crippen MR) is 103 cm³/mol. The molecule has 2 N–H and O–H groups in total. The van der Waals surface area contributed by atoms with Gasteiger partial charge in [0.15, 0.2) is 0 Å². The number of amides is 2. The Morgan fingerprint density at radius 3 is 2.19 bits per heavy atom. The van der Waals surface area contributed by atoms with Crippen LogP contribution in [0.1, 0.15) is 35.7 Å². The molecule has 1 aliphatic rings. The molecule has 0 heterocycles. The van der Waals surface area contributed by atoms with E-state index in [2.05, 4.69) is 15.4 Å². The minimum Gasteiger partial charge on any atom is -0.465 e. The molecular weight excluding hydrogens is 344 g/mol. The van der Waals surface area contributed by atoms with Crippen molar-refractivity contribution in [2.45, 2.75) is 26.2 Å². The minimum atomic E-state index is -1.04. The molecule has 0 radical (unpaired) electrons. The molecule has 0 aliphatic heterocycles. The largest absolute Gasteiger partial charge is 0.465 e. The van der Waals surface area contributed by atoms with Crippen LogP contribution in [0.4, 0.5) is 11.4 Å². The minimum absolute atomic E-state index is 0.285. The fourth-order valence-corrected chi connectivity index (χ4v) is 2.93. The quantitative estimate of drug-likeness (QED) is 0.606. The van der Waals surface area contributed by atoms with E-state index in [-0.39, 0.29) is 11.8 Å². The van der Waals surface area contributed by atoms with Gasteiger partial charge in [0.1, 0.15) is 5.41 Å². The van der Waals surface area contributed by atoms with Gasteiger partial charge in [-0.3, -0.25) is 9.59 Å². The van der Waals surface area contributed by atoms with Crippen LogP contribution in [0.5, 0.6) is 0 Å². The first-order chi connectivity index (χ1) is 13.0. The van der Waals surface area contributed by atoms with Crippen molar-refractivity contribution in [3.8, 4) is 0 Å². The second-order valence-electron chi connectivity index (χ2n) is 6.57. The Balaban J connectivity index is 1.69. The van der Waals surface area contributed by atoms with E-state index in [1.165, 1.54) is 7.11 Å². The van der Waals surface area contributed by atoms with E-state index in [0.29, 0.717) is 24.1 Å². The summed E-state index contributed by atoms with van der Waals surface area (Å²) >= 11 is 0. The molecule has 27 heavy (non-hydrogen) atoms. The molecule has 0 bridgehead atoms. The summed E-state index contributed by atoms with van der Waals surface area (Å²) in [5.74, 6) is -1.06. The second kappa shape index (κ2) is 7.61. The number of carbonyl (C=O) groups excluding carboxylic acids is 3. The summed E-state index contributed by atoms with van der Waals surface area (Å²) in [6.45, 7) is 2.02. The van der Waals surface area contributed by atoms with Gasteiger partial charge in [0.2, 0.25) is 11.8 Å². The Labute approximate surface area is 157 Å². The molecule has 140 valence electrons. The first-order valence-corrected chi connectivity index (χ1v) is 8.89. The lowest BCUT2D eigenvalue weighted by Gasteiger charge is -2.17. The maximum atomic E-state index is 12.7. The zero-order chi connectivity index (χ0) is 19.4. The Hall–Kier alpha value is -3.15. The van der Waals surface area contributed by atoms with Crippen LogP contribution >= 0.6 is 0 Å². The Bertz CT molecular complexity index is 870. The van der Waals surface area contributed by atoms with Gasteiger partial charge in [-0.05, 0) is 55.2 Å². The van der Waals surface area contributed by atoms with E-state index in [0.717, 1.165) is 17.7 Å². The van der Waals surface area contributed by atoms with Crippen LogP contribution in [0.2, 0.25) is 0 Å². The highest BCUT2D eigenvalue weighted by Gasteiger charge is 2.56. The molecule has 0 unspecified atom stereocenters. The maximum Gasteiger partial charge on any atom is 0.337 e. The van der Waals surface area contributed by atoms with Crippen LogP contribution in [0, 0.1) is 5.41 Å². The van der Waals surface area contributed by atoms with Crippen LogP contribution in [0.15, 0.2) is 48.5 Å². The van der Waals surface area contributed by atoms with Gasteiger partial charge in [-0.1, -0.05) is 25.1 Å².